The van der Waals surface area contributed by atoms with Gasteiger partial charge in [-0.25, -0.2) is 0 Å². The van der Waals surface area contributed by atoms with Crippen molar-refractivity contribution in [3.63, 3.8) is 0 Å². The van der Waals surface area contributed by atoms with Crippen molar-refractivity contribution in [2.75, 3.05) is 0 Å². The Balaban J connectivity index is 2.00. The number of halogens is 3. The van der Waals surface area contributed by atoms with Crippen molar-refractivity contribution in [2.45, 2.75) is 12.4 Å². The first-order valence-electron chi connectivity index (χ1n) is 6.65. The van der Waals surface area contributed by atoms with Gasteiger partial charge in [0.1, 0.15) is 11.2 Å². The van der Waals surface area contributed by atoms with Gasteiger partial charge in [0.05, 0.1) is 5.71 Å². The minimum absolute atomic E-state index is 0.0185. The maximum absolute atomic E-state index is 12.2. The molecule has 0 spiro atoms. The Kier molecular flexibility index (Phi) is 3.75. The lowest BCUT2D eigenvalue weighted by Crippen LogP contribution is -2.24. The number of benzene rings is 2. The highest BCUT2D eigenvalue weighted by atomic mass is 32.2. The normalized spacial score (nSPS) is 13.6. The van der Waals surface area contributed by atoms with E-state index < -0.39 is 15.6 Å². The summed E-state index contributed by atoms with van der Waals surface area (Å²) >= 11 is 0. The van der Waals surface area contributed by atoms with E-state index in [9.17, 15) is 21.6 Å². The molecular formula is C15H10F3NO4S. The zero-order valence-electron chi connectivity index (χ0n) is 12.2. The van der Waals surface area contributed by atoms with Crippen molar-refractivity contribution in [3.8, 4) is 0 Å². The van der Waals surface area contributed by atoms with E-state index in [1.165, 1.54) is 6.92 Å². The lowest BCUT2D eigenvalue weighted by Gasteiger charge is -2.05. The molecule has 9 heteroatoms. The molecule has 0 N–H and O–H groups in total. The van der Waals surface area contributed by atoms with Gasteiger partial charge in [0, 0.05) is 10.8 Å². The van der Waals surface area contributed by atoms with Gasteiger partial charge in [-0.05, 0) is 36.8 Å². The summed E-state index contributed by atoms with van der Waals surface area (Å²) in [6, 6.07) is 12.1. The van der Waals surface area contributed by atoms with Crippen LogP contribution in [0.5, 0.6) is 0 Å². The Morgan fingerprint density at radius 3 is 2.46 bits per heavy atom. The molecule has 0 radical (unpaired) electrons. The molecule has 0 bridgehead atoms. The van der Waals surface area contributed by atoms with E-state index in [-0.39, 0.29) is 5.71 Å². The van der Waals surface area contributed by atoms with Crippen LogP contribution in [0.1, 0.15) is 12.5 Å². The number of oxime groups is 1. The van der Waals surface area contributed by atoms with Crippen molar-refractivity contribution in [3.05, 3.63) is 48.0 Å². The first-order valence-corrected chi connectivity index (χ1v) is 8.06. The fourth-order valence-electron chi connectivity index (χ4n) is 2.15. The number of rotatable bonds is 3. The van der Waals surface area contributed by atoms with Crippen molar-refractivity contribution < 1.29 is 30.3 Å². The van der Waals surface area contributed by atoms with Crippen LogP contribution in [0.4, 0.5) is 13.2 Å². The Bertz CT molecular complexity index is 1050. The van der Waals surface area contributed by atoms with E-state index in [1.807, 2.05) is 18.2 Å². The number of hydrogen-bond acceptors (Lipinski definition) is 5. The van der Waals surface area contributed by atoms with Crippen molar-refractivity contribution in [1.82, 2.24) is 0 Å². The van der Waals surface area contributed by atoms with Gasteiger partial charge in [-0.15, -0.1) is 0 Å². The predicted molar refractivity (Wildman–Crippen MR) is 82.0 cm³/mol. The topological polar surface area (TPSA) is 68.9 Å². The summed E-state index contributed by atoms with van der Waals surface area (Å²) in [5, 5.41) is 4.64. The van der Waals surface area contributed by atoms with Crippen molar-refractivity contribution in [2.24, 2.45) is 5.16 Å². The fourth-order valence-corrected chi connectivity index (χ4v) is 2.45. The van der Waals surface area contributed by atoms with Crippen LogP contribution in [0.15, 0.2) is 52.0 Å². The zero-order valence-corrected chi connectivity index (χ0v) is 13.0. The summed E-state index contributed by atoms with van der Waals surface area (Å²) in [5.41, 5.74) is -3.88. The third-order valence-corrected chi connectivity index (χ3v) is 4.19. The lowest BCUT2D eigenvalue weighted by atomic mass is 10.1. The van der Waals surface area contributed by atoms with Crippen molar-refractivity contribution in [1.29, 1.82) is 0 Å². The van der Waals surface area contributed by atoms with Crippen LogP contribution in [0.3, 0.4) is 0 Å². The first kappa shape index (κ1) is 16.3. The molecule has 126 valence electrons. The molecule has 0 amide bonds. The van der Waals surface area contributed by atoms with Gasteiger partial charge in [0.15, 0.2) is 0 Å². The molecule has 1 aromatic heterocycles. The highest BCUT2D eigenvalue weighted by Crippen LogP contribution is 2.29. The molecule has 2 aromatic carbocycles. The van der Waals surface area contributed by atoms with Crippen LogP contribution < -0.4 is 0 Å². The third-order valence-electron chi connectivity index (χ3n) is 3.35. The second-order valence-electron chi connectivity index (χ2n) is 4.96. The molecule has 1 heterocycles. The Labute approximate surface area is 134 Å². The summed E-state index contributed by atoms with van der Waals surface area (Å²) in [6.07, 6.45) is 0. The second kappa shape index (κ2) is 5.52. The van der Waals surface area contributed by atoms with Crippen LogP contribution in [-0.2, 0) is 14.4 Å². The largest absolute Gasteiger partial charge is 0.536 e. The maximum Gasteiger partial charge on any atom is 0.536 e. The first-order chi connectivity index (χ1) is 11.2. The average molecular weight is 357 g/mol. The van der Waals surface area contributed by atoms with Gasteiger partial charge < -0.3 is 4.42 Å². The number of alkyl halides is 3. The molecular weight excluding hydrogens is 347 g/mol. The second-order valence-corrected chi connectivity index (χ2v) is 6.48. The zero-order chi connectivity index (χ0) is 17.5. The number of fused-ring (bicyclic) bond motifs is 3. The highest BCUT2D eigenvalue weighted by Gasteiger charge is 2.49. The predicted octanol–water partition coefficient (Wildman–Crippen LogP) is 4.18. The van der Waals surface area contributed by atoms with E-state index in [0.717, 1.165) is 10.8 Å². The van der Waals surface area contributed by atoms with Crippen LogP contribution in [-0.4, -0.2) is 19.6 Å². The van der Waals surface area contributed by atoms with E-state index in [1.54, 1.807) is 24.3 Å². The van der Waals surface area contributed by atoms with Gasteiger partial charge in [-0.3, -0.25) is 4.28 Å². The Morgan fingerprint density at radius 1 is 1.08 bits per heavy atom. The quantitative estimate of drug-likeness (QED) is 0.401. The molecule has 0 fully saturated rings. The van der Waals surface area contributed by atoms with Crippen molar-refractivity contribution >= 4 is 37.8 Å². The molecule has 0 aliphatic heterocycles. The maximum atomic E-state index is 12.2. The monoisotopic (exact) mass is 357 g/mol. The molecule has 0 aliphatic carbocycles. The number of furan rings is 1. The van der Waals surface area contributed by atoms with Gasteiger partial charge in [-0.1, -0.05) is 23.4 Å². The minimum Gasteiger partial charge on any atom is -0.456 e. The summed E-state index contributed by atoms with van der Waals surface area (Å²) in [6.45, 7) is 1.34. The summed E-state index contributed by atoms with van der Waals surface area (Å²) in [4.78, 5) is 0. The highest BCUT2D eigenvalue weighted by molar-refractivity contribution is 7.87. The lowest BCUT2D eigenvalue weighted by molar-refractivity contribution is -0.0540. The smallest absolute Gasteiger partial charge is 0.456 e. The van der Waals surface area contributed by atoms with Gasteiger partial charge in [0.25, 0.3) is 0 Å². The molecule has 0 saturated carbocycles. The van der Waals surface area contributed by atoms with Crippen LogP contribution in [0.25, 0.3) is 21.9 Å². The molecule has 0 unspecified atom stereocenters. The fraction of sp³-hybridized carbons (Fsp3) is 0.133. The molecule has 3 rings (SSSR count). The van der Waals surface area contributed by atoms with Gasteiger partial charge in [-0.2, -0.15) is 21.6 Å². The van der Waals surface area contributed by atoms with E-state index in [2.05, 4.69) is 9.44 Å². The minimum atomic E-state index is -5.77. The summed E-state index contributed by atoms with van der Waals surface area (Å²) < 4.78 is 67.8. The van der Waals surface area contributed by atoms with Crippen LogP contribution >= 0.6 is 0 Å². The standard InChI is InChI=1S/C15H10F3NO4S/c1-9(19-23-24(20,21)15(16,17)18)10-6-7-14-12(8-10)11-4-2-3-5-13(11)22-14/h2-8H,1H3/b19-9+. The number of para-hydroxylation sites is 1. The molecule has 3 aromatic rings. The van der Waals surface area contributed by atoms with E-state index in [0.29, 0.717) is 16.7 Å². The summed E-state index contributed by atoms with van der Waals surface area (Å²) in [7, 11) is -5.77. The SMILES string of the molecule is C/C(=N\OS(=O)(=O)C(F)(F)F)c1ccc2oc3ccccc3c2c1. The molecule has 0 atom stereocenters. The van der Waals surface area contributed by atoms with Gasteiger partial charge in [0.2, 0.25) is 0 Å². The van der Waals surface area contributed by atoms with E-state index >= 15 is 0 Å². The molecule has 0 aliphatic rings. The van der Waals surface area contributed by atoms with Crippen LogP contribution in [0, 0.1) is 0 Å². The summed E-state index contributed by atoms with van der Waals surface area (Å²) in [5.74, 6) is 0. The molecule has 5 nitrogen and oxygen atoms in total. The number of hydrogen-bond donors (Lipinski definition) is 0. The molecule has 24 heavy (non-hydrogen) atoms. The van der Waals surface area contributed by atoms with Gasteiger partial charge >= 0.3 is 15.6 Å². The Hall–Kier alpha value is -2.55. The van der Waals surface area contributed by atoms with E-state index in [4.69, 9.17) is 4.42 Å². The third kappa shape index (κ3) is 2.82. The Morgan fingerprint density at radius 2 is 1.75 bits per heavy atom. The van der Waals surface area contributed by atoms with Crippen LogP contribution in [0.2, 0.25) is 0 Å². The molecule has 0 saturated heterocycles. The average Bonchev–Trinajstić information content (AvgIpc) is 2.89. The number of nitrogens with zero attached hydrogens (tertiary/aromatic N) is 1.